The molecular formula is C14H17ClN4. The fraction of sp³-hybridized carbons (Fsp3) is 0.286. The Morgan fingerprint density at radius 1 is 1.26 bits per heavy atom. The van der Waals surface area contributed by atoms with Crippen LogP contribution < -0.4 is 10.6 Å². The second-order valence-corrected chi connectivity index (χ2v) is 4.64. The summed E-state index contributed by atoms with van der Waals surface area (Å²) in [4.78, 5) is 8.61. The van der Waals surface area contributed by atoms with Gasteiger partial charge in [-0.3, -0.25) is 0 Å². The number of nitrogens with zero attached hydrogens (tertiary/aromatic N) is 2. The van der Waals surface area contributed by atoms with Gasteiger partial charge in [0.2, 0.25) is 5.95 Å². The lowest BCUT2D eigenvalue weighted by Gasteiger charge is -2.10. The van der Waals surface area contributed by atoms with Crippen molar-refractivity contribution in [1.82, 2.24) is 9.97 Å². The molecule has 0 saturated carbocycles. The lowest BCUT2D eigenvalue weighted by molar-refractivity contribution is 0.966. The summed E-state index contributed by atoms with van der Waals surface area (Å²) in [6.07, 6.45) is 2.79. The maximum absolute atomic E-state index is 6.09. The Balaban J connectivity index is 2.16. The van der Waals surface area contributed by atoms with E-state index in [-0.39, 0.29) is 0 Å². The van der Waals surface area contributed by atoms with Gasteiger partial charge in [-0.05, 0) is 37.1 Å². The maximum Gasteiger partial charge on any atom is 0.229 e. The van der Waals surface area contributed by atoms with Crippen LogP contribution in [-0.4, -0.2) is 16.5 Å². The normalized spacial score (nSPS) is 10.3. The van der Waals surface area contributed by atoms with Gasteiger partial charge in [-0.1, -0.05) is 24.6 Å². The van der Waals surface area contributed by atoms with Crippen molar-refractivity contribution in [2.24, 2.45) is 0 Å². The SMILES string of the molecule is CCCNc1ccnc(Nc2cccc(Cl)c2C)n1. The molecule has 1 heterocycles. The molecule has 0 radical (unpaired) electrons. The molecule has 2 N–H and O–H groups in total. The number of nitrogens with one attached hydrogen (secondary N) is 2. The van der Waals surface area contributed by atoms with E-state index in [9.17, 15) is 0 Å². The van der Waals surface area contributed by atoms with Crippen molar-refractivity contribution < 1.29 is 0 Å². The van der Waals surface area contributed by atoms with Gasteiger partial charge in [0, 0.05) is 23.5 Å². The predicted octanol–water partition coefficient (Wildman–Crippen LogP) is 4.00. The zero-order valence-electron chi connectivity index (χ0n) is 11.1. The molecule has 2 rings (SSSR count). The van der Waals surface area contributed by atoms with Gasteiger partial charge in [0.25, 0.3) is 0 Å². The van der Waals surface area contributed by atoms with E-state index < -0.39 is 0 Å². The topological polar surface area (TPSA) is 49.8 Å². The van der Waals surface area contributed by atoms with Crippen LogP contribution in [0.5, 0.6) is 0 Å². The highest BCUT2D eigenvalue weighted by Crippen LogP contribution is 2.25. The first-order valence-corrected chi connectivity index (χ1v) is 6.67. The first-order chi connectivity index (χ1) is 9.20. The van der Waals surface area contributed by atoms with E-state index in [1.807, 2.05) is 31.2 Å². The van der Waals surface area contributed by atoms with Crippen LogP contribution in [0.4, 0.5) is 17.5 Å². The average Bonchev–Trinajstić information content (AvgIpc) is 2.42. The standard InChI is InChI=1S/C14H17ClN4/c1-3-8-16-13-7-9-17-14(19-13)18-12-6-4-5-11(15)10(12)2/h4-7,9H,3,8H2,1-2H3,(H2,16,17,18,19). The Hall–Kier alpha value is -1.81. The Morgan fingerprint density at radius 2 is 2.11 bits per heavy atom. The summed E-state index contributed by atoms with van der Waals surface area (Å²) in [5.74, 6) is 1.38. The van der Waals surface area contributed by atoms with Crippen LogP contribution in [0.2, 0.25) is 5.02 Å². The van der Waals surface area contributed by atoms with Crippen molar-refractivity contribution in [2.75, 3.05) is 17.2 Å². The first kappa shape index (κ1) is 13.6. The van der Waals surface area contributed by atoms with Gasteiger partial charge in [-0.15, -0.1) is 0 Å². The second kappa shape index (κ2) is 6.38. The van der Waals surface area contributed by atoms with E-state index in [0.717, 1.165) is 35.1 Å². The summed E-state index contributed by atoms with van der Waals surface area (Å²) in [5, 5.41) is 7.14. The third-order valence-electron chi connectivity index (χ3n) is 2.73. The number of aromatic nitrogens is 2. The van der Waals surface area contributed by atoms with Gasteiger partial charge >= 0.3 is 0 Å². The summed E-state index contributed by atoms with van der Waals surface area (Å²) in [6.45, 7) is 4.97. The Labute approximate surface area is 118 Å². The quantitative estimate of drug-likeness (QED) is 0.866. The molecule has 0 amide bonds. The van der Waals surface area contributed by atoms with Crippen molar-refractivity contribution in [1.29, 1.82) is 0 Å². The van der Waals surface area contributed by atoms with Crippen LogP contribution in [0.15, 0.2) is 30.5 Å². The van der Waals surface area contributed by atoms with Gasteiger partial charge in [-0.25, -0.2) is 4.98 Å². The van der Waals surface area contributed by atoms with E-state index in [4.69, 9.17) is 11.6 Å². The molecule has 0 aliphatic rings. The van der Waals surface area contributed by atoms with Crippen molar-refractivity contribution in [2.45, 2.75) is 20.3 Å². The number of hydrogen-bond acceptors (Lipinski definition) is 4. The van der Waals surface area contributed by atoms with Crippen molar-refractivity contribution in [3.05, 3.63) is 41.0 Å². The molecule has 0 atom stereocenters. The fourth-order valence-corrected chi connectivity index (χ4v) is 1.81. The number of halogens is 1. The highest BCUT2D eigenvalue weighted by Gasteiger charge is 2.04. The number of anilines is 3. The molecule has 0 spiro atoms. The van der Waals surface area contributed by atoms with E-state index in [1.54, 1.807) is 6.20 Å². The van der Waals surface area contributed by atoms with Gasteiger partial charge < -0.3 is 10.6 Å². The summed E-state index contributed by atoms with van der Waals surface area (Å²) >= 11 is 6.09. The lowest BCUT2D eigenvalue weighted by Crippen LogP contribution is -2.05. The summed E-state index contributed by atoms with van der Waals surface area (Å²) in [7, 11) is 0. The third-order valence-corrected chi connectivity index (χ3v) is 3.14. The van der Waals surface area contributed by atoms with E-state index >= 15 is 0 Å². The van der Waals surface area contributed by atoms with E-state index in [2.05, 4.69) is 27.5 Å². The molecule has 0 unspecified atom stereocenters. The third kappa shape index (κ3) is 3.58. The van der Waals surface area contributed by atoms with Crippen molar-refractivity contribution in [3.63, 3.8) is 0 Å². The van der Waals surface area contributed by atoms with Crippen LogP contribution in [0.3, 0.4) is 0 Å². The zero-order valence-corrected chi connectivity index (χ0v) is 11.8. The molecule has 1 aromatic heterocycles. The zero-order chi connectivity index (χ0) is 13.7. The number of hydrogen-bond donors (Lipinski definition) is 2. The summed E-state index contributed by atoms with van der Waals surface area (Å²) in [6, 6.07) is 7.57. The van der Waals surface area contributed by atoms with Gasteiger partial charge in [0.05, 0.1) is 0 Å². The molecule has 100 valence electrons. The maximum atomic E-state index is 6.09. The van der Waals surface area contributed by atoms with Crippen LogP contribution in [0, 0.1) is 6.92 Å². The smallest absolute Gasteiger partial charge is 0.229 e. The molecule has 0 aliphatic carbocycles. The first-order valence-electron chi connectivity index (χ1n) is 6.29. The van der Waals surface area contributed by atoms with Gasteiger partial charge in [0.1, 0.15) is 5.82 Å². The molecule has 5 heteroatoms. The molecule has 0 aliphatic heterocycles. The van der Waals surface area contributed by atoms with E-state index in [1.165, 1.54) is 0 Å². The van der Waals surface area contributed by atoms with Gasteiger partial charge in [-0.2, -0.15) is 4.98 Å². The Bertz CT molecular complexity index is 557. The molecular weight excluding hydrogens is 260 g/mol. The average molecular weight is 277 g/mol. The molecule has 19 heavy (non-hydrogen) atoms. The minimum atomic E-state index is 0.562. The van der Waals surface area contributed by atoms with Crippen molar-refractivity contribution >= 4 is 29.1 Å². The predicted molar refractivity (Wildman–Crippen MR) is 80.3 cm³/mol. The minimum Gasteiger partial charge on any atom is -0.370 e. The number of benzene rings is 1. The number of rotatable bonds is 5. The largest absolute Gasteiger partial charge is 0.370 e. The fourth-order valence-electron chi connectivity index (χ4n) is 1.63. The van der Waals surface area contributed by atoms with Crippen LogP contribution in [0.25, 0.3) is 0 Å². The highest BCUT2D eigenvalue weighted by atomic mass is 35.5. The van der Waals surface area contributed by atoms with Crippen LogP contribution >= 0.6 is 11.6 Å². The molecule has 2 aromatic rings. The molecule has 0 saturated heterocycles. The monoisotopic (exact) mass is 276 g/mol. The highest BCUT2D eigenvalue weighted by molar-refractivity contribution is 6.31. The Kier molecular flexibility index (Phi) is 4.58. The van der Waals surface area contributed by atoms with E-state index in [0.29, 0.717) is 5.95 Å². The lowest BCUT2D eigenvalue weighted by atomic mass is 10.2. The van der Waals surface area contributed by atoms with Gasteiger partial charge in [0.15, 0.2) is 0 Å². The molecule has 0 fully saturated rings. The minimum absolute atomic E-state index is 0.562. The second-order valence-electron chi connectivity index (χ2n) is 4.23. The molecule has 0 bridgehead atoms. The van der Waals surface area contributed by atoms with Crippen LogP contribution in [0.1, 0.15) is 18.9 Å². The van der Waals surface area contributed by atoms with Crippen LogP contribution in [-0.2, 0) is 0 Å². The summed E-state index contributed by atoms with van der Waals surface area (Å²) < 4.78 is 0. The Morgan fingerprint density at radius 3 is 2.89 bits per heavy atom. The summed E-state index contributed by atoms with van der Waals surface area (Å²) in [5.41, 5.74) is 1.90. The molecule has 1 aromatic carbocycles. The van der Waals surface area contributed by atoms with Crippen molar-refractivity contribution in [3.8, 4) is 0 Å². The molecule has 4 nitrogen and oxygen atoms in total.